The highest BCUT2D eigenvalue weighted by Crippen LogP contribution is 2.43. The number of rotatable bonds is 4. The van der Waals surface area contributed by atoms with E-state index in [1.807, 2.05) is 0 Å². The monoisotopic (exact) mass is 487 g/mol. The van der Waals surface area contributed by atoms with Gasteiger partial charge in [0.15, 0.2) is 0 Å². The van der Waals surface area contributed by atoms with Crippen molar-refractivity contribution in [2.45, 2.75) is 12.2 Å². The molecule has 0 spiro atoms. The predicted molar refractivity (Wildman–Crippen MR) is 121 cm³/mol. The van der Waals surface area contributed by atoms with Crippen LogP contribution in [0.25, 0.3) is 5.76 Å². The molecule has 34 heavy (non-hydrogen) atoms. The lowest BCUT2D eigenvalue weighted by Gasteiger charge is -2.26. The summed E-state index contributed by atoms with van der Waals surface area (Å²) in [6.07, 6.45) is -4.56. The topological polar surface area (TPSA) is 66.8 Å². The third-order valence-electron chi connectivity index (χ3n) is 5.44. The third kappa shape index (κ3) is 4.24. The highest BCUT2D eigenvalue weighted by molar-refractivity contribution is 6.51. The summed E-state index contributed by atoms with van der Waals surface area (Å²) < 4.78 is 44.4. The van der Waals surface area contributed by atoms with Crippen molar-refractivity contribution in [1.82, 2.24) is 0 Å². The molecule has 9 heteroatoms. The Hall–Kier alpha value is -3.78. The number of Topliss-reactive ketones (excluding diaryl/α,β-unsaturated/α-hetero) is 1. The van der Waals surface area contributed by atoms with Gasteiger partial charge in [-0.2, -0.15) is 13.2 Å². The third-order valence-corrected chi connectivity index (χ3v) is 5.70. The predicted octanol–water partition coefficient (Wildman–Crippen LogP) is 5.99. The fraction of sp³-hybridized carbons (Fsp3) is 0.120. The van der Waals surface area contributed by atoms with Crippen molar-refractivity contribution in [1.29, 1.82) is 0 Å². The van der Waals surface area contributed by atoms with Gasteiger partial charge in [-0.3, -0.25) is 14.5 Å². The normalized spacial score (nSPS) is 17.8. The lowest BCUT2D eigenvalue weighted by Crippen LogP contribution is -2.29. The van der Waals surface area contributed by atoms with E-state index < -0.39 is 35.2 Å². The molecule has 0 aromatic heterocycles. The molecular formula is C25H17ClF3NO4. The Morgan fingerprint density at radius 1 is 1.00 bits per heavy atom. The Kier molecular flexibility index (Phi) is 6.10. The molecule has 174 valence electrons. The number of hydrogen-bond donors (Lipinski definition) is 1. The number of amides is 1. The number of ether oxygens (including phenoxy) is 1. The van der Waals surface area contributed by atoms with E-state index in [-0.39, 0.29) is 16.8 Å². The second kappa shape index (κ2) is 8.87. The van der Waals surface area contributed by atoms with Gasteiger partial charge in [-0.25, -0.2) is 0 Å². The van der Waals surface area contributed by atoms with E-state index in [4.69, 9.17) is 16.3 Å². The molecule has 0 aliphatic carbocycles. The molecular weight excluding hydrogens is 471 g/mol. The minimum absolute atomic E-state index is 0.0677. The van der Waals surface area contributed by atoms with Gasteiger partial charge in [0.05, 0.1) is 24.3 Å². The van der Waals surface area contributed by atoms with Gasteiger partial charge in [0.25, 0.3) is 11.7 Å². The fourth-order valence-electron chi connectivity index (χ4n) is 3.80. The Labute approximate surface area is 197 Å². The van der Waals surface area contributed by atoms with E-state index >= 15 is 0 Å². The summed E-state index contributed by atoms with van der Waals surface area (Å²) in [6.45, 7) is 0. The van der Waals surface area contributed by atoms with Gasteiger partial charge in [-0.15, -0.1) is 0 Å². The molecule has 1 aliphatic heterocycles. The largest absolute Gasteiger partial charge is 0.507 e. The molecule has 4 rings (SSSR count). The van der Waals surface area contributed by atoms with Crippen LogP contribution in [0, 0.1) is 0 Å². The van der Waals surface area contributed by atoms with Crippen molar-refractivity contribution in [3.63, 3.8) is 0 Å². The molecule has 0 bridgehead atoms. The number of alkyl halides is 3. The van der Waals surface area contributed by atoms with Gasteiger partial charge in [0.2, 0.25) is 0 Å². The number of nitrogens with zero attached hydrogens (tertiary/aromatic N) is 1. The minimum atomic E-state index is -4.56. The van der Waals surface area contributed by atoms with Gasteiger partial charge in [0.1, 0.15) is 11.5 Å². The number of benzene rings is 3. The zero-order chi connectivity index (χ0) is 24.6. The van der Waals surface area contributed by atoms with Gasteiger partial charge in [0, 0.05) is 16.3 Å². The number of halogens is 4. The van der Waals surface area contributed by atoms with Crippen molar-refractivity contribution in [3.8, 4) is 5.75 Å². The maximum absolute atomic E-state index is 13.1. The average Bonchev–Trinajstić information content (AvgIpc) is 3.09. The Bertz CT molecular complexity index is 1280. The SMILES string of the molecule is COc1cccc(C2/C(=C(\O)c3ccc(Cl)cc3)C(=O)C(=O)N2c2ccc(C(F)(F)F)cc2)c1. The fourth-order valence-corrected chi connectivity index (χ4v) is 3.93. The number of carbonyl (C=O) groups excluding carboxylic acids is 2. The van der Waals surface area contributed by atoms with Crippen molar-refractivity contribution in [2.75, 3.05) is 12.0 Å². The zero-order valence-corrected chi connectivity index (χ0v) is 18.4. The second-order valence-corrected chi connectivity index (χ2v) is 7.93. The van der Waals surface area contributed by atoms with E-state index in [0.717, 1.165) is 29.2 Å². The molecule has 1 saturated heterocycles. The van der Waals surface area contributed by atoms with Crippen molar-refractivity contribution in [2.24, 2.45) is 0 Å². The molecule has 3 aromatic rings. The standard InChI is InChI=1S/C25H17ClF3NO4/c1-34-19-4-2-3-15(13-19)21-20(22(31)14-5-9-17(26)10-6-14)23(32)24(33)30(21)18-11-7-16(8-12-18)25(27,28)29/h2-13,21,31H,1H3/b22-20+. The Morgan fingerprint density at radius 2 is 1.65 bits per heavy atom. The quantitative estimate of drug-likeness (QED) is 0.279. The maximum Gasteiger partial charge on any atom is 0.416 e. The van der Waals surface area contributed by atoms with Crippen molar-refractivity contribution >= 4 is 34.7 Å². The summed E-state index contributed by atoms with van der Waals surface area (Å²) in [6, 6.07) is 15.3. The zero-order valence-electron chi connectivity index (χ0n) is 17.6. The Morgan fingerprint density at radius 3 is 2.24 bits per heavy atom. The van der Waals surface area contributed by atoms with Gasteiger partial charge < -0.3 is 9.84 Å². The Balaban J connectivity index is 1.91. The molecule has 3 aromatic carbocycles. The van der Waals surface area contributed by atoms with Gasteiger partial charge >= 0.3 is 6.18 Å². The van der Waals surface area contributed by atoms with Gasteiger partial charge in [-0.05, 0) is 66.2 Å². The second-order valence-electron chi connectivity index (χ2n) is 7.50. The van der Waals surface area contributed by atoms with Crippen LogP contribution in [0.1, 0.15) is 22.7 Å². The number of carbonyl (C=O) groups is 2. The first kappa shape index (κ1) is 23.4. The van der Waals surface area contributed by atoms with Crippen LogP contribution >= 0.6 is 11.6 Å². The summed E-state index contributed by atoms with van der Waals surface area (Å²) in [5.74, 6) is -1.96. The summed E-state index contributed by atoms with van der Waals surface area (Å²) in [5.41, 5.74) is -0.359. The van der Waals surface area contributed by atoms with Crippen LogP contribution in [0.3, 0.4) is 0 Å². The minimum Gasteiger partial charge on any atom is -0.507 e. The molecule has 1 aliphatic rings. The molecule has 1 heterocycles. The smallest absolute Gasteiger partial charge is 0.416 e. The van der Waals surface area contributed by atoms with Crippen LogP contribution in [0.2, 0.25) is 5.02 Å². The van der Waals surface area contributed by atoms with E-state index in [1.54, 1.807) is 24.3 Å². The molecule has 0 radical (unpaired) electrons. The molecule has 1 unspecified atom stereocenters. The molecule has 0 saturated carbocycles. The van der Waals surface area contributed by atoms with E-state index in [2.05, 4.69) is 0 Å². The van der Waals surface area contributed by atoms with E-state index in [9.17, 15) is 27.9 Å². The van der Waals surface area contributed by atoms with Crippen molar-refractivity contribution < 1.29 is 32.6 Å². The van der Waals surface area contributed by atoms with Crippen LogP contribution in [0.4, 0.5) is 18.9 Å². The first-order valence-electron chi connectivity index (χ1n) is 10.00. The van der Waals surface area contributed by atoms with E-state index in [1.165, 1.54) is 31.4 Å². The number of hydrogen-bond acceptors (Lipinski definition) is 4. The molecule has 1 amide bonds. The maximum atomic E-state index is 13.1. The first-order valence-corrected chi connectivity index (χ1v) is 10.4. The van der Waals surface area contributed by atoms with Crippen LogP contribution in [-0.4, -0.2) is 23.9 Å². The highest BCUT2D eigenvalue weighted by Gasteiger charge is 2.47. The molecule has 1 fully saturated rings. The lowest BCUT2D eigenvalue weighted by atomic mass is 9.95. The number of aliphatic hydroxyl groups is 1. The number of aliphatic hydroxyl groups excluding tert-OH is 1. The molecule has 5 nitrogen and oxygen atoms in total. The summed E-state index contributed by atoms with van der Waals surface area (Å²) >= 11 is 5.91. The number of ketones is 1. The van der Waals surface area contributed by atoms with Gasteiger partial charge in [-0.1, -0.05) is 23.7 Å². The van der Waals surface area contributed by atoms with Crippen LogP contribution in [-0.2, 0) is 15.8 Å². The number of anilines is 1. The molecule has 1 N–H and O–H groups in total. The van der Waals surface area contributed by atoms with E-state index in [0.29, 0.717) is 16.3 Å². The summed E-state index contributed by atoms with van der Waals surface area (Å²) in [5, 5.41) is 11.4. The van der Waals surface area contributed by atoms with Crippen LogP contribution in [0.5, 0.6) is 5.75 Å². The van der Waals surface area contributed by atoms with Crippen LogP contribution in [0.15, 0.2) is 78.4 Å². The molecule has 1 atom stereocenters. The highest BCUT2D eigenvalue weighted by atomic mass is 35.5. The number of methoxy groups -OCH3 is 1. The van der Waals surface area contributed by atoms with Crippen LogP contribution < -0.4 is 9.64 Å². The lowest BCUT2D eigenvalue weighted by molar-refractivity contribution is -0.137. The summed E-state index contributed by atoms with van der Waals surface area (Å²) in [7, 11) is 1.44. The first-order chi connectivity index (χ1) is 16.1. The summed E-state index contributed by atoms with van der Waals surface area (Å²) in [4.78, 5) is 27.2. The van der Waals surface area contributed by atoms with Crippen molar-refractivity contribution in [3.05, 3.63) is 100 Å². The average molecular weight is 488 g/mol.